The van der Waals surface area contributed by atoms with E-state index in [9.17, 15) is 0 Å². The molecule has 1 fully saturated rings. The van der Waals surface area contributed by atoms with Crippen LogP contribution in [0.3, 0.4) is 0 Å². The van der Waals surface area contributed by atoms with Gasteiger partial charge >= 0.3 is 0 Å². The molecule has 1 saturated heterocycles. The lowest BCUT2D eigenvalue weighted by molar-refractivity contribution is 0.0198. The lowest BCUT2D eigenvalue weighted by Crippen LogP contribution is -2.37. The first kappa shape index (κ1) is 15.2. The zero-order valence-electron chi connectivity index (χ0n) is 13.5. The molecule has 118 valence electrons. The second-order valence-electron chi connectivity index (χ2n) is 6.15. The van der Waals surface area contributed by atoms with E-state index >= 15 is 0 Å². The molecule has 1 unspecified atom stereocenters. The van der Waals surface area contributed by atoms with E-state index < -0.39 is 0 Å². The van der Waals surface area contributed by atoms with Crippen LogP contribution in [0, 0.1) is 0 Å². The normalized spacial score (nSPS) is 17.8. The van der Waals surface area contributed by atoms with Crippen LogP contribution in [0.25, 0.3) is 11.4 Å². The highest BCUT2D eigenvalue weighted by atomic mass is 16.5. The summed E-state index contributed by atoms with van der Waals surface area (Å²) in [6, 6.07) is 9.00. The minimum Gasteiger partial charge on any atom is -0.379 e. The van der Waals surface area contributed by atoms with Crippen molar-refractivity contribution in [1.29, 1.82) is 0 Å². The molecule has 3 rings (SSSR count). The maximum absolute atomic E-state index is 5.42. The van der Waals surface area contributed by atoms with Crippen LogP contribution >= 0.6 is 0 Å². The van der Waals surface area contributed by atoms with Crippen LogP contribution in [0.4, 0.5) is 0 Å². The molecule has 0 spiro atoms. The van der Waals surface area contributed by atoms with E-state index in [2.05, 4.69) is 65.1 Å². The van der Waals surface area contributed by atoms with Crippen molar-refractivity contribution >= 4 is 0 Å². The number of morpholine rings is 1. The third-order valence-corrected chi connectivity index (χ3v) is 4.29. The van der Waals surface area contributed by atoms with E-state index in [1.807, 2.05) is 0 Å². The Morgan fingerprint density at radius 3 is 2.36 bits per heavy atom. The molecule has 1 aromatic heterocycles. The Bertz CT molecular complexity index is 599. The number of hydrogen-bond acceptors (Lipinski definition) is 4. The highest BCUT2D eigenvalue weighted by Crippen LogP contribution is 2.24. The largest absolute Gasteiger partial charge is 0.379 e. The van der Waals surface area contributed by atoms with Crippen molar-refractivity contribution in [1.82, 2.24) is 20.1 Å². The van der Waals surface area contributed by atoms with Gasteiger partial charge in [-0.1, -0.05) is 38.1 Å². The summed E-state index contributed by atoms with van der Waals surface area (Å²) in [5.74, 6) is 2.07. The van der Waals surface area contributed by atoms with Crippen LogP contribution in [0.15, 0.2) is 24.3 Å². The molecule has 2 heterocycles. The number of aromatic nitrogens is 3. The van der Waals surface area contributed by atoms with Gasteiger partial charge < -0.3 is 4.74 Å². The highest BCUT2D eigenvalue weighted by Gasteiger charge is 2.18. The van der Waals surface area contributed by atoms with Gasteiger partial charge in [-0.25, -0.2) is 4.98 Å². The Morgan fingerprint density at radius 1 is 1.09 bits per heavy atom. The molecule has 2 aromatic rings. The first-order chi connectivity index (χ1) is 10.6. The van der Waals surface area contributed by atoms with Gasteiger partial charge in [0.25, 0.3) is 0 Å². The molecule has 0 amide bonds. The number of rotatable bonds is 4. The Hall–Kier alpha value is -1.72. The van der Waals surface area contributed by atoms with Crippen molar-refractivity contribution in [2.24, 2.45) is 0 Å². The lowest BCUT2D eigenvalue weighted by Gasteiger charge is -2.32. The molecule has 0 saturated carbocycles. The minimum absolute atomic E-state index is 0.363. The molecule has 1 atom stereocenters. The summed E-state index contributed by atoms with van der Waals surface area (Å²) in [5.41, 5.74) is 2.38. The molecule has 1 aliphatic heterocycles. The fourth-order valence-electron chi connectivity index (χ4n) is 2.75. The maximum Gasteiger partial charge on any atom is 0.181 e. The van der Waals surface area contributed by atoms with Crippen molar-refractivity contribution in [3.05, 3.63) is 35.7 Å². The van der Waals surface area contributed by atoms with Crippen molar-refractivity contribution < 1.29 is 4.74 Å². The molecule has 1 N–H and O–H groups in total. The monoisotopic (exact) mass is 300 g/mol. The fraction of sp³-hybridized carbons (Fsp3) is 0.529. The summed E-state index contributed by atoms with van der Waals surface area (Å²) in [5, 5.41) is 7.32. The second-order valence-corrected chi connectivity index (χ2v) is 6.15. The molecular formula is C17H24N4O. The quantitative estimate of drug-likeness (QED) is 0.943. The molecule has 5 nitrogen and oxygen atoms in total. The summed E-state index contributed by atoms with van der Waals surface area (Å²) in [6.45, 7) is 10.1. The zero-order chi connectivity index (χ0) is 15.5. The average Bonchev–Trinajstić information content (AvgIpc) is 3.05. The first-order valence-corrected chi connectivity index (χ1v) is 7.99. The number of hydrogen-bond donors (Lipinski definition) is 1. The van der Waals surface area contributed by atoms with Crippen LogP contribution in [0.1, 0.15) is 44.1 Å². The van der Waals surface area contributed by atoms with Gasteiger partial charge in [0.15, 0.2) is 5.82 Å². The highest BCUT2D eigenvalue weighted by molar-refractivity contribution is 5.55. The van der Waals surface area contributed by atoms with Crippen molar-refractivity contribution in [2.75, 3.05) is 26.3 Å². The summed E-state index contributed by atoms with van der Waals surface area (Å²) in [7, 11) is 0. The maximum atomic E-state index is 5.42. The standard InChI is InChI=1S/C17H24N4O/c1-12(2)16-18-17(20-19-16)15-6-4-14(5-7-15)13(3)21-8-10-22-11-9-21/h4-7,12-13H,8-11H2,1-3H3,(H,18,19,20). The molecule has 5 heteroatoms. The Labute approximate surface area is 131 Å². The van der Waals surface area contributed by atoms with Crippen LogP contribution in [-0.2, 0) is 4.74 Å². The molecule has 0 bridgehead atoms. The van der Waals surface area contributed by atoms with Crippen LogP contribution in [0.2, 0.25) is 0 Å². The number of nitrogens with one attached hydrogen (secondary N) is 1. The van der Waals surface area contributed by atoms with Gasteiger partial charge in [0.05, 0.1) is 13.2 Å². The third kappa shape index (κ3) is 3.20. The zero-order valence-corrected chi connectivity index (χ0v) is 13.5. The van der Waals surface area contributed by atoms with E-state index in [-0.39, 0.29) is 0 Å². The molecular weight excluding hydrogens is 276 g/mol. The Kier molecular flexibility index (Phi) is 4.55. The Balaban J connectivity index is 1.74. The smallest absolute Gasteiger partial charge is 0.181 e. The van der Waals surface area contributed by atoms with Gasteiger partial charge in [0.1, 0.15) is 5.82 Å². The minimum atomic E-state index is 0.363. The van der Waals surface area contributed by atoms with Crippen LogP contribution in [-0.4, -0.2) is 46.4 Å². The topological polar surface area (TPSA) is 54.0 Å². The van der Waals surface area contributed by atoms with Gasteiger partial charge in [0.2, 0.25) is 0 Å². The summed E-state index contributed by atoms with van der Waals surface area (Å²) in [6.07, 6.45) is 0. The fourth-order valence-corrected chi connectivity index (χ4v) is 2.75. The van der Waals surface area contributed by atoms with Gasteiger partial charge in [0, 0.05) is 30.6 Å². The first-order valence-electron chi connectivity index (χ1n) is 7.99. The number of H-pyrrole nitrogens is 1. The second kappa shape index (κ2) is 6.58. The van der Waals surface area contributed by atoms with Gasteiger partial charge in [-0.15, -0.1) is 0 Å². The SMILES string of the molecule is CC(C)c1nc(-c2ccc(C(C)N3CCOCC3)cc2)n[nH]1. The van der Waals surface area contributed by atoms with Crippen LogP contribution < -0.4 is 0 Å². The van der Waals surface area contributed by atoms with Gasteiger partial charge in [-0.3, -0.25) is 10.00 Å². The van der Waals surface area contributed by atoms with E-state index in [1.54, 1.807) is 0 Å². The molecule has 0 radical (unpaired) electrons. The number of benzene rings is 1. The van der Waals surface area contributed by atoms with Crippen LogP contribution in [0.5, 0.6) is 0 Å². The predicted molar refractivity (Wildman–Crippen MR) is 86.7 cm³/mol. The van der Waals surface area contributed by atoms with E-state index in [0.29, 0.717) is 12.0 Å². The number of aromatic amines is 1. The summed E-state index contributed by atoms with van der Waals surface area (Å²) >= 11 is 0. The number of nitrogens with zero attached hydrogens (tertiary/aromatic N) is 3. The van der Waals surface area contributed by atoms with Crippen molar-refractivity contribution in [3.8, 4) is 11.4 Å². The van der Waals surface area contributed by atoms with E-state index in [1.165, 1.54) is 5.56 Å². The van der Waals surface area contributed by atoms with Gasteiger partial charge in [-0.2, -0.15) is 5.10 Å². The average molecular weight is 300 g/mol. The molecule has 22 heavy (non-hydrogen) atoms. The summed E-state index contributed by atoms with van der Waals surface area (Å²) < 4.78 is 5.42. The van der Waals surface area contributed by atoms with Gasteiger partial charge in [-0.05, 0) is 12.5 Å². The molecule has 1 aliphatic rings. The lowest BCUT2D eigenvalue weighted by atomic mass is 10.0. The third-order valence-electron chi connectivity index (χ3n) is 4.29. The van der Waals surface area contributed by atoms with Crippen molar-refractivity contribution in [2.45, 2.75) is 32.7 Å². The number of ether oxygens (including phenoxy) is 1. The summed E-state index contributed by atoms with van der Waals surface area (Å²) in [4.78, 5) is 7.01. The van der Waals surface area contributed by atoms with Crippen molar-refractivity contribution in [3.63, 3.8) is 0 Å². The van der Waals surface area contributed by atoms with E-state index in [4.69, 9.17) is 4.74 Å². The molecule has 1 aromatic carbocycles. The Morgan fingerprint density at radius 2 is 1.77 bits per heavy atom. The molecule has 0 aliphatic carbocycles. The predicted octanol–water partition coefficient (Wildman–Crippen LogP) is 2.99. The van der Waals surface area contributed by atoms with E-state index in [0.717, 1.165) is 43.5 Å².